The molecule has 0 unspecified atom stereocenters. The van der Waals surface area contributed by atoms with Gasteiger partial charge < -0.3 is 10.1 Å². The van der Waals surface area contributed by atoms with E-state index in [0.29, 0.717) is 12.2 Å². The first-order valence-electron chi connectivity index (χ1n) is 8.18. The summed E-state index contributed by atoms with van der Waals surface area (Å²) in [4.78, 5) is 14.3. The monoisotopic (exact) mass is 348 g/mol. The Morgan fingerprint density at radius 1 is 1.12 bits per heavy atom. The lowest BCUT2D eigenvalue weighted by Gasteiger charge is -2.21. The maximum absolute atomic E-state index is 12.2. The largest absolute Gasteiger partial charge is 0.435 e. The molecular weight excluding hydrogens is 326 g/mol. The van der Waals surface area contributed by atoms with Crippen molar-refractivity contribution in [3.63, 3.8) is 0 Å². The molecule has 1 amide bonds. The fraction of sp³-hybridized carbons (Fsp3) is 0.316. The van der Waals surface area contributed by atoms with E-state index in [0.717, 1.165) is 18.5 Å². The van der Waals surface area contributed by atoms with Gasteiger partial charge in [0, 0.05) is 12.2 Å². The van der Waals surface area contributed by atoms with Crippen LogP contribution in [-0.2, 0) is 11.3 Å². The van der Waals surface area contributed by atoms with Crippen molar-refractivity contribution in [2.75, 3.05) is 18.4 Å². The molecule has 2 aromatic rings. The number of ether oxygens (including phenoxy) is 1. The van der Waals surface area contributed by atoms with Crippen LogP contribution in [0.25, 0.3) is 0 Å². The third-order valence-corrected chi connectivity index (χ3v) is 3.52. The summed E-state index contributed by atoms with van der Waals surface area (Å²) in [6.07, 6.45) is 0.944. The Balaban J connectivity index is 1.89. The van der Waals surface area contributed by atoms with E-state index in [1.807, 2.05) is 30.3 Å². The zero-order valence-electron chi connectivity index (χ0n) is 14.1. The summed E-state index contributed by atoms with van der Waals surface area (Å²) in [5.41, 5.74) is 1.69. The van der Waals surface area contributed by atoms with Crippen molar-refractivity contribution in [1.82, 2.24) is 4.90 Å². The number of anilines is 1. The number of alkyl halides is 2. The zero-order valence-corrected chi connectivity index (χ0v) is 14.1. The average Bonchev–Trinajstić information content (AvgIpc) is 2.57. The van der Waals surface area contributed by atoms with Gasteiger partial charge in [-0.05, 0) is 42.8 Å². The molecule has 0 atom stereocenters. The van der Waals surface area contributed by atoms with Gasteiger partial charge in [0.15, 0.2) is 0 Å². The second-order valence-corrected chi connectivity index (χ2v) is 5.65. The molecule has 4 nitrogen and oxygen atoms in total. The molecule has 2 aromatic carbocycles. The van der Waals surface area contributed by atoms with Crippen molar-refractivity contribution in [3.05, 3.63) is 60.2 Å². The van der Waals surface area contributed by atoms with E-state index in [1.165, 1.54) is 24.3 Å². The van der Waals surface area contributed by atoms with Crippen LogP contribution in [0.1, 0.15) is 18.9 Å². The Hall–Kier alpha value is -2.47. The normalized spacial score (nSPS) is 10.9. The molecular formula is C19H22F2N2O2. The molecule has 0 aliphatic heterocycles. The molecule has 0 bridgehead atoms. The molecule has 0 aliphatic rings. The molecule has 0 fully saturated rings. The number of halogens is 2. The minimum atomic E-state index is -2.86. The molecule has 25 heavy (non-hydrogen) atoms. The molecule has 1 N–H and O–H groups in total. The number of rotatable bonds is 9. The van der Waals surface area contributed by atoms with Gasteiger partial charge >= 0.3 is 6.61 Å². The number of amides is 1. The number of hydrogen-bond acceptors (Lipinski definition) is 3. The fourth-order valence-electron chi connectivity index (χ4n) is 2.50. The number of hydrogen-bond donors (Lipinski definition) is 1. The molecule has 0 aliphatic carbocycles. The number of nitrogens with zero attached hydrogens (tertiary/aromatic N) is 1. The van der Waals surface area contributed by atoms with E-state index in [-0.39, 0.29) is 18.2 Å². The van der Waals surface area contributed by atoms with Crippen LogP contribution in [0.4, 0.5) is 14.5 Å². The Morgan fingerprint density at radius 2 is 1.80 bits per heavy atom. The number of carbonyl (C=O) groups is 1. The van der Waals surface area contributed by atoms with Crippen LogP contribution in [0.5, 0.6) is 5.75 Å². The SMILES string of the molecule is CCCN(CC(=O)Nc1ccc(OC(F)F)cc1)Cc1ccccc1. The van der Waals surface area contributed by atoms with E-state index in [4.69, 9.17) is 0 Å². The zero-order chi connectivity index (χ0) is 18.1. The smallest absolute Gasteiger partial charge is 0.387 e. The summed E-state index contributed by atoms with van der Waals surface area (Å²) < 4.78 is 28.5. The van der Waals surface area contributed by atoms with Crippen LogP contribution in [0.2, 0.25) is 0 Å². The van der Waals surface area contributed by atoms with Crippen LogP contribution < -0.4 is 10.1 Å². The summed E-state index contributed by atoms with van der Waals surface area (Å²) in [6, 6.07) is 15.8. The van der Waals surface area contributed by atoms with Gasteiger partial charge in [-0.2, -0.15) is 8.78 Å². The average molecular weight is 348 g/mol. The number of carbonyl (C=O) groups excluding carboxylic acids is 1. The lowest BCUT2D eigenvalue weighted by atomic mass is 10.2. The molecule has 0 saturated heterocycles. The van der Waals surface area contributed by atoms with Crippen molar-refractivity contribution in [2.45, 2.75) is 26.5 Å². The van der Waals surface area contributed by atoms with Crippen molar-refractivity contribution < 1.29 is 18.3 Å². The molecule has 6 heteroatoms. The van der Waals surface area contributed by atoms with Crippen molar-refractivity contribution in [2.24, 2.45) is 0 Å². The third kappa shape index (κ3) is 6.89. The molecule has 0 radical (unpaired) electrons. The second kappa shape index (κ2) is 9.74. The van der Waals surface area contributed by atoms with Crippen LogP contribution in [0.15, 0.2) is 54.6 Å². The highest BCUT2D eigenvalue weighted by molar-refractivity contribution is 5.92. The standard InChI is InChI=1S/C19H22F2N2O2/c1-2-12-23(13-15-6-4-3-5-7-15)14-18(24)22-16-8-10-17(11-9-16)25-19(20)21/h3-11,19H,2,12-14H2,1H3,(H,22,24). The Morgan fingerprint density at radius 3 is 2.40 bits per heavy atom. The van der Waals surface area contributed by atoms with Gasteiger partial charge in [-0.15, -0.1) is 0 Å². The predicted molar refractivity (Wildman–Crippen MR) is 93.7 cm³/mol. The minimum Gasteiger partial charge on any atom is -0.435 e. The highest BCUT2D eigenvalue weighted by Crippen LogP contribution is 2.17. The van der Waals surface area contributed by atoms with Gasteiger partial charge in [-0.3, -0.25) is 9.69 Å². The van der Waals surface area contributed by atoms with Gasteiger partial charge in [0.1, 0.15) is 5.75 Å². The first kappa shape index (κ1) is 18.9. The van der Waals surface area contributed by atoms with E-state index >= 15 is 0 Å². The van der Waals surface area contributed by atoms with Gasteiger partial charge in [0.2, 0.25) is 5.91 Å². The Kier molecular flexibility index (Phi) is 7.35. The van der Waals surface area contributed by atoms with Gasteiger partial charge in [-0.1, -0.05) is 37.3 Å². The van der Waals surface area contributed by atoms with Gasteiger partial charge in [0.05, 0.1) is 6.54 Å². The topological polar surface area (TPSA) is 41.6 Å². The molecule has 0 spiro atoms. The van der Waals surface area contributed by atoms with Gasteiger partial charge in [-0.25, -0.2) is 0 Å². The van der Waals surface area contributed by atoms with Crippen LogP contribution >= 0.6 is 0 Å². The minimum absolute atomic E-state index is 0.0599. The van der Waals surface area contributed by atoms with Crippen LogP contribution in [0, 0.1) is 0 Å². The summed E-state index contributed by atoms with van der Waals surface area (Å²) in [7, 11) is 0. The predicted octanol–water partition coefficient (Wildman–Crippen LogP) is 4.14. The fourth-order valence-corrected chi connectivity index (χ4v) is 2.50. The highest BCUT2D eigenvalue weighted by atomic mass is 19.3. The van der Waals surface area contributed by atoms with E-state index in [2.05, 4.69) is 21.9 Å². The lowest BCUT2D eigenvalue weighted by molar-refractivity contribution is -0.117. The maximum atomic E-state index is 12.2. The molecule has 0 heterocycles. The second-order valence-electron chi connectivity index (χ2n) is 5.65. The third-order valence-electron chi connectivity index (χ3n) is 3.52. The van der Waals surface area contributed by atoms with Crippen LogP contribution in [0.3, 0.4) is 0 Å². The first-order chi connectivity index (χ1) is 12.1. The summed E-state index contributed by atoms with van der Waals surface area (Å²) >= 11 is 0. The quantitative estimate of drug-likeness (QED) is 0.740. The van der Waals surface area contributed by atoms with Crippen molar-refractivity contribution in [3.8, 4) is 5.75 Å². The van der Waals surface area contributed by atoms with Crippen molar-refractivity contribution >= 4 is 11.6 Å². The maximum Gasteiger partial charge on any atom is 0.387 e. The highest BCUT2D eigenvalue weighted by Gasteiger charge is 2.11. The van der Waals surface area contributed by atoms with E-state index in [1.54, 1.807) is 0 Å². The van der Waals surface area contributed by atoms with E-state index < -0.39 is 6.61 Å². The van der Waals surface area contributed by atoms with E-state index in [9.17, 15) is 13.6 Å². The van der Waals surface area contributed by atoms with Crippen LogP contribution in [-0.4, -0.2) is 30.5 Å². The first-order valence-corrected chi connectivity index (χ1v) is 8.18. The summed E-state index contributed by atoms with van der Waals surface area (Å²) in [5, 5.41) is 2.77. The Bertz CT molecular complexity index is 648. The van der Waals surface area contributed by atoms with Gasteiger partial charge in [0.25, 0.3) is 0 Å². The molecule has 0 aromatic heterocycles. The molecule has 2 rings (SSSR count). The lowest BCUT2D eigenvalue weighted by Crippen LogP contribution is -2.33. The molecule has 134 valence electrons. The number of nitrogens with one attached hydrogen (secondary N) is 1. The number of benzene rings is 2. The Labute approximate surface area is 146 Å². The van der Waals surface area contributed by atoms with Crippen molar-refractivity contribution in [1.29, 1.82) is 0 Å². The molecule has 0 saturated carbocycles. The summed E-state index contributed by atoms with van der Waals surface area (Å²) in [5.74, 6) is -0.0865. The summed E-state index contributed by atoms with van der Waals surface area (Å²) in [6.45, 7) is 0.976.